The van der Waals surface area contributed by atoms with Crippen molar-refractivity contribution in [3.8, 4) is 33.5 Å². The topological polar surface area (TPSA) is 39.2 Å². The van der Waals surface area contributed by atoms with E-state index in [1.807, 2.05) is 36.4 Å². The Morgan fingerprint density at radius 3 is 1.36 bits per heavy atom. The highest BCUT2D eigenvalue weighted by atomic mass is 16.3. The Hall–Kier alpha value is -6.71. The molecule has 232 valence electrons. The maximum Gasteiger partial charge on any atom is 0.165 e. The van der Waals surface area contributed by atoms with Gasteiger partial charge in [0.2, 0.25) is 0 Å². The second-order valence-corrected chi connectivity index (χ2v) is 13.0. The van der Waals surface area contributed by atoms with Crippen molar-refractivity contribution < 1.29 is 8.83 Å². The van der Waals surface area contributed by atoms with Crippen LogP contribution in [-0.4, -0.2) is 4.98 Å². The first-order valence-corrected chi connectivity index (χ1v) is 17.0. The van der Waals surface area contributed by atoms with E-state index in [-0.39, 0.29) is 0 Å². The van der Waals surface area contributed by atoms with E-state index in [2.05, 4.69) is 127 Å². The van der Waals surface area contributed by atoms with Crippen molar-refractivity contribution in [2.75, 3.05) is 0 Å². The number of hydrogen-bond acceptors (Lipinski definition) is 3. The van der Waals surface area contributed by atoms with Crippen LogP contribution in [0.15, 0.2) is 173 Å². The van der Waals surface area contributed by atoms with Gasteiger partial charge in [-0.3, -0.25) is 0 Å². The number of pyridine rings is 1. The number of furan rings is 2. The summed E-state index contributed by atoms with van der Waals surface area (Å²) in [6, 6.07) is 58.1. The van der Waals surface area contributed by atoms with Crippen LogP contribution in [0.1, 0.15) is 0 Å². The summed E-state index contributed by atoms with van der Waals surface area (Å²) in [6.45, 7) is 0. The molecular weight excluding hydrogens is 611 g/mol. The Balaban J connectivity index is 0.987. The Morgan fingerprint density at radius 1 is 0.320 bits per heavy atom. The molecule has 0 fully saturated rings. The second kappa shape index (κ2) is 10.4. The molecule has 0 saturated carbocycles. The molecule has 50 heavy (non-hydrogen) atoms. The van der Waals surface area contributed by atoms with Gasteiger partial charge in [-0.2, -0.15) is 0 Å². The molecule has 0 saturated heterocycles. The molecule has 0 aliphatic heterocycles. The summed E-state index contributed by atoms with van der Waals surface area (Å²) in [7, 11) is 0. The minimum Gasteiger partial charge on any atom is -0.454 e. The molecule has 11 rings (SSSR count). The Labute approximate surface area is 286 Å². The summed E-state index contributed by atoms with van der Waals surface area (Å²) >= 11 is 0. The van der Waals surface area contributed by atoms with Crippen LogP contribution < -0.4 is 0 Å². The molecule has 0 N–H and O–H groups in total. The van der Waals surface area contributed by atoms with E-state index in [9.17, 15) is 0 Å². The van der Waals surface area contributed by atoms with E-state index >= 15 is 0 Å². The largest absolute Gasteiger partial charge is 0.454 e. The molecular formula is C47H27NO2. The van der Waals surface area contributed by atoms with Gasteiger partial charge in [0.25, 0.3) is 0 Å². The van der Waals surface area contributed by atoms with Crippen molar-refractivity contribution in [2.45, 2.75) is 0 Å². The average Bonchev–Trinajstić information content (AvgIpc) is 3.76. The average molecular weight is 638 g/mol. The SMILES string of the molecule is c1ccc2c(c1)oc1c2nc(-c2ccc(-c3ccc(-c4ccc5c6ccccc6c6ccccc6c5c4)cc3)cc2)c2oc3ccccc3c21. The zero-order valence-corrected chi connectivity index (χ0v) is 26.9. The van der Waals surface area contributed by atoms with Crippen molar-refractivity contribution in [3.63, 3.8) is 0 Å². The Bertz CT molecular complexity index is 3090. The van der Waals surface area contributed by atoms with Crippen LogP contribution in [0, 0.1) is 0 Å². The summed E-state index contributed by atoms with van der Waals surface area (Å²) in [5.41, 5.74) is 10.5. The van der Waals surface area contributed by atoms with Gasteiger partial charge in [-0.15, -0.1) is 0 Å². The van der Waals surface area contributed by atoms with Crippen molar-refractivity contribution in [1.29, 1.82) is 0 Å². The molecule has 0 amide bonds. The van der Waals surface area contributed by atoms with Gasteiger partial charge in [0, 0.05) is 16.3 Å². The Kier molecular flexibility index (Phi) is 5.67. The zero-order chi connectivity index (χ0) is 32.8. The van der Waals surface area contributed by atoms with Gasteiger partial charge in [0.05, 0.1) is 5.39 Å². The van der Waals surface area contributed by atoms with Crippen LogP contribution in [0.2, 0.25) is 0 Å². The lowest BCUT2D eigenvalue weighted by molar-refractivity contribution is 0.661. The van der Waals surface area contributed by atoms with Crippen molar-refractivity contribution >= 4 is 76.3 Å². The third-order valence-electron chi connectivity index (χ3n) is 10.3. The molecule has 0 spiro atoms. The minimum absolute atomic E-state index is 0.742. The lowest BCUT2D eigenvalue weighted by Crippen LogP contribution is -1.87. The van der Waals surface area contributed by atoms with Crippen molar-refractivity contribution in [3.05, 3.63) is 164 Å². The first-order valence-electron chi connectivity index (χ1n) is 17.0. The first kappa shape index (κ1) is 27.3. The second-order valence-electron chi connectivity index (χ2n) is 13.0. The van der Waals surface area contributed by atoms with Gasteiger partial charge >= 0.3 is 0 Å². The fourth-order valence-electron chi connectivity index (χ4n) is 7.87. The third-order valence-corrected chi connectivity index (χ3v) is 10.3. The molecule has 0 bridgehead atoms. The number of nitrogens with zero attached hydrogens (tertiary/aromatic N) is 1. The van der Waals surface area contributed by atoms with Crippen LogP contribution in [0.5, 0.6) is 0 Å². The quantitative estimate of drug-likeness (QED) is 0.181. The number of benzene rings is 8. The van der Waals surface area contributed by atoms with E-state index < -0.39 is 0 Å². The first-order chi connectivity index (χ1) is 24.8. The molecule has 3 nitrogen and oxygen atoms in total. The summed E-state index contributed by atoms with van der Waals surface area (Å²) in [4.78, 5) is 5.17. The molecule has 0 radical (unpaired) electrons. The smallest absolute Gasteiger partial charge is 0.165 e. The molecule has 3 heterocycles. The van der Waals surface area contributed by atoms with Crippen LogP contribution in [-0.2, 0) is 0 Å². The molecule has 3 aromatic heterocycles. The number of aromatic nitrogens is 1. The molecule has 0 atom stereocenters. The predicted molar refractivity (Wildman–Crippen MR) is 208 cm³/mol. The Morgan fingerprint density at radius 2 is 0.740 bits per heavy atom. The number of hydrogen-bond donors (Lipinski definition) is 0. The normalized spacial score (nSPS) is 12.0. The lowest BCUT2D eigenvalue weighted by Gasteiger charge is -2.12. The van der Waals surface area contributed by atoms with E-state index in [0.29, 0.717) is 0 Å². The van der Waals surface area contributed by atoms with Crippen LogP contribution in [0.4, 0.5) is 0 Å². The van der Waals surface area contributed by atoms with E-state index in [0.717, 1.165) is 66.4 Å². The summed E-state index contributed by atoms with van der Waals surface area (Å²) in [6.07, 6.45) is 0. The number of para-hydroxylation sites is 2. The number of fused-ring (bicyclic) bond motifs is 13. The monoisotopic (exact) mass is 637 g/mol. The summed E-state index contributed by atoms with van der Waals surface area (Å²) < 4.78 is 12.8. The maximum absolute atomic E-state index is 6.46. The van der Waals surface area contributed by atoms with Gasteiger partial charge in [-0.1, -0.05) is 140 Å². The number of rotatable bonds is 3. The highest BCUT2D eigenvalue weighted by Crippen LogP contribution is 2.43. The van der Waals surface area contributed by atoms with E-state index in [4.69, 9.17) is 13.8 Å². The highest BCUT2D eigenvalue weighted by molar-refractivity contribution is 6.26. The minimum atomic E-state index is 0.742. The van der Waals surface area contributed by atoms with E-state index in [1.54, 1.807) is 0 Å². The van der Waals surface area contributed by atoms with Crippen LogP contribution >= 0.6 is 0 Å². The lowest BCUT2D eigenvalue weighted by atomic mass is 9.92. The molecule has 0 aliphatic rings. The molecule has 0 unspecified atom stereocenters. The van der Waals surface area contributed by atoms with Gasteiger partial charge in [-0.05, 0) is 78.8 Å². The van der Waals surface area contributed by atoms with Gasteiger partial charge in [0.1, 0.15) is 22.4 Å². The fourth-order valence-corrected chi connectivity index (χ4v) is 7.87. The standard InChI is InChI=1S/C47H27NO2/c1-2-11-35-33(9-1)34-10-3-4-12-36(34)40-27-32(25-26-37(35)40)30-19-17-28(18-20-30)29-21-23-31(24-22-29)44-46-43(38-13-5-7-15-41(38)49-46)47-45(48-44)39-14-6-8-16-42(39)50-47/h1-27H. The molecule has 11 aromatic rings. The van der Waals surface area contributed by atoms with Gasteiger partial charge < -0.3 is 8.83 Å². The van der Waals surface area contributed by atoms with E-state index in [1.165, 1.54) is 43.4 Å². The van der Waals surface area contributed by atoms with Gasteiger partial charge in [-0.25, -0.2) is 4.98 Å². The zero-order valence-electron chi connectivity index (χ0n) is 26.9. The van der Waals surface area contributed by atoms with Crippen LogP contribution in [0.25, 0.3) is 110 Å². The predicted octanol–water partition coefficient (Wildman–Crippen LogP) is 13.3. The van der Waals surface area contributed by atoms with Gasteiger partial charge in [0.15, 0.2) is 11.2 Å². The summed E-state index contributed by atoms with van der Waals surface area (Å²) in [5.74, 6) is 0. The van der Waals surface area contributed by atoms with Crippen LogP contribution in [0.3, 0.4) is 0 Å². The van der Waals surface area contributed by atoms with Crippen molar-refractivity contribution in [1.82, 2.24) is 4.98 Å². The molecule has 0 aliphatic carbocycles. The molecule has 8 aromatic carbocycles. The summed E-state index contributed by atoms with van der Waals surface area (Å²) in [5, 5.41) is 10.7. The van der Waals surface area contributed by atoms with Crippen molar-refractivity contribution in [2.24, 2.45) is 0 Å². The highest BCUT2D eigenvalue weighted by Gasteiger charge is 2.22. The maximum atomic E-state index is 6.46. The third kappa shape index (κ3) is 3.95. The molecule has 3 heteroatoms. The fraction of sp³-hybridized carbons (Fsp3) is 0.